The number of piperidine rings is 1. The Hall–Kier alpha value is -1.55. The van der Waals surface area contributed by atoms with E-state index in [1.165, 1.54) is 43.4 Å². The van der Waals surface area contributed by atoms with Gasteiger partial charge in [0, 0.05) is 48.6 Å². The predicted octanol–water partition coefficient (Wildman–Crippen LogP) is 2.24. The lowest BCUT2D eigenvalue weighted by atomic mass is 9.78. The SMILES string of the molecule is CN1CCC12CCCN(c1ccnc3[nH]ccc13)C2. The summed E-state index contributed by atoms with van der Waals surface area (Å²) in [5.41, 5.74) is 2.77. The highest BCUT2D eigenvalue weighted by atomic mass is 15.3. The van der Waals surface area contributed by atoms with Crippen molar-refractivity contribution in [3.63, 3.8) is 0 Å². The molecule has 4 nitrogen and oxygen atoms in total. The molecule has 0 aliphatic carbocycles. The number of hydrogen-bond donors (Lipinski definition) is 1. The van der Waals surface area contributed by atoms with Crippen LogP contribution < -0.4 is 4.90 Å². The molecule has 2 aromatic rings. The standard InChI is InChI=1S/C15H20N4/c1-18-10-6-15(18)5-2-9-19(11-15)13-4-8-17-14-12(13)3-7-16-14/h3-4,7-8H,2,5-6,9-11H2,1H3,(H,16,17). The Balaban J connectivity index is 1.70. The van der Waals surface area contributed by atoms with Crippen LogP contribution in [0.25, 0.3) is 11.0 Å². The van der Waals surface area contributed by atoms with Crippen molar-refractivity contribution in [2.45, 2.75) is 24.8 Å². The van der Waals surface area contributed by atoms with Crippen LogP contribution in [0.3, 0.4) is 0 Å². The molecular formula is C15H20N4. The van der Waals surface area contributed by atoms with Crippen molar-refractivity contribution in [2.75, 3.05) is 31.6 Å². The number of fused-ring (bicyclic) bond motifs is 1. The van der Waals surface area contributed by atoms with Crippen molar-refractivity contribution < 1.29 is 0 Å². The molecule has 19 heavy (non-hydrogen) atoms. The number of H-pyrrole nitrogens is 1. The number of hydrogen-bond acceptors (Lipinski definition) is 3. The molecule has 0 amide bonds. The van der Waals surface area contributed by atoms with E-state index in [9.17, 15) is 0 Å². The second-order valence-corrected chi connectivity index (χ2v) is 5.99. The van der Waals surface area contributed by atoms with Crippen molar-refractivity contribution in [3.8, 4) is 0 Å². The summed E-state index contributed by atoms with van der Waals surface area (Å²) >= 11 is 0. The van der Waals surface area contributed by atoms with Crippen LogP contribution in [0, 0.1) is 0 Å². The Morgan fingerprint density at radius 3 is 3.00 bits per heavy atom. The molecule has 0 radical (unpaired) electrons. The average molecular weight is 256 g/mol. The molecule has 0 bridgehead atoms. The topological polar surface area (TPSA) is 35.2 Å². The molecule has 0 saturated carbocycles. The molecular weight excluding hydrogens is 236 g/mol. The van der Waals surface area contributed by atoms with Crippen molar-refractivity contribution in [1.29, 1.82) is 0 Å². The Morgan fingerprint density at radius 1 is 1.26 bits per heavy atom. The minimum absolute atomic E-state index is 0.435. The molecule has 100 valence electrons. The van der Waals surface area contributed by atoms with Gasteiger partial charge in [0.2, 0.25) is 0 Å². The van der Waals surface area contributed by atoms with E-state index in [0.29, 0.717) is 5.54 Å². The molecule has 4 heterocycles. The monoisotopic (exact) mass is 256 g/mol. The molecule has 2 aliphatic rings. The van der Waals surface area contributed by atoms with Crippen molar-refractivity contribution in [3.05, 3.63) is 24.5 Å². The number of nitrogens with one attached hydrogen (secondary N) is 1. The van der Waals surface area contributed by atoms with Crippen molar-refractivity contribution in [2.24, 2.45) is 0 Å². The zero-order chi connectivity index (χ0) is 12.9. The molecule has 2 aliphatic heterocycles. The van der Waals surface area contributed by atoms with Crippen LogP contribution >= 0.6 is 0 Å². The third-order valence-corrected chi connectivity index (χ3v) is 5.06. The highest BCUT2D eigenvalue weighted by Gasteiger charge is 2.45. The van der Waals surface area contributed by atoms with Crippen molar-refractivity contribution in [1.82, 2.24) is 14.9 Å². The first kappa shape index (κ1) is 11.3. The molecule has 1 spiro atoms. The van der Waals surface area contributed by atoms with Gasteiger partial charge in [0.15, 0.2) is 0 Å². The molecule has 1 unspecified atom stereocenters. The molecule has 4 rings (SSSR count). The van der Waals surface area contributed by atoms with E-state index in [4.69, 9.17) is 0 Å². The maximum absolute atomic E-state index is 4.39. The van der Waals surface area contributed by atoms with Crippen LogP contribution in [0.2, 0.25) is 0 Å². The fourth-order valence-corrected chi connectivity index (χ4v) is 3.71. The van der Waals surface area contributed by atoms with E-state index >= 15 is 0 Å². The number of nitrogens with zero attached hydrogens (tertiary/aromatic N) is 3. The van der Waals surface area contributed by atoms with Gasteiger partial charge in [0.25, 0.3) is 0 Å². The normalized spacial score (nSPS) is 27.9. The summed E-state index contributed by atoms with van der Waals surface area (Å²) in [6, 6.07) is 4.30. The lowest BCUT2D eigenvalue weighted by molar-refractivity contribution is -0.000403. The van der Waals surface area contributed by atoms with Gasteiger partial charge in [-0.15, -0.1) is 0 Å². The first-order chi connectivity index (χ1) is 9.28. The molecule has 2 fully saturated rings. The fraction of sp³-hybridized carbons (Fsp3) is 0.533. The Labute approximate surface area is 113 Å². The van der Waals surface area contributed by atoms with Crippen LogP contribution in [0.5, 0.6) is 0 Å². The summed E-state index contributed by atoms with van der Waals surface area (Å²) < 4.78 is 0. The first-order valence-corrected chi connectivity index (χ1v) is 7.17. The minimum Gasteiger partial charge on any atom is -0.369 e. The molecule has 2 saturated heterocycles. The quantitative estimate of drug-likeness (QED) is 0.850. The van der Waals surface area contributed by atoms with E-state index < -0.39 is 0 Å². The van der Waals surface area contributed by atoms with Gasteiger partial charge in [-0.3, -0.25) is 4.90 Å². The highest BCUT2D eigenvalue weighted by molar-refractivity contribution is 5.89. The zero-order valence-electron chi connectivity index (χ0n) is 11.4. The smallest absolute Gasteiger partial charge is 0.139 e. The third kappa shape index (κ3) is 1.59. The molecule has 0 aromatic carbocycles. The van der Waals surface area contributed by atoms with Gasteiger partial charge in [-0.05, 0) is 38.4 Å². The van der Waals surface area contributed by atoms with Gasteiger partial charge in [0.05, 0.1) is 0 Å². The van der Waals surface area contributed by atoms with E-state index in [2.05, 4.69) is 38.9 Å². The van der Waals surface area contributed by atoms with Crippen molar-refractivity contribution >= 4 is 16.7 Å². The van der Waals surface area contributed by atoms with E-state index in [-0.39, 0.29) is 0 Å². The predicted molar refractivity (Wildman–Crippen MR) is 77.5 cm³/mol. The number of pyridine rings is 1. The number of aromatic amines is 1. The first-order valence-electron chi connectivity index (χ1n) is 7.17. The lowest BCUT2D eigenvalue weighted by Gasteiger charge is -2.56. The number of anilines is 1. The maximum atomic E-state index is 4.39. The summed E-state index contributed by atoms with van der Waals surface area (Å²) in [5, 5.41) is 1.25. The summed E-state index contributed by atoms with van der Waals surface area (Å²) in [6.07, 6.45) is 7.89. The lowest BCUT2D eigenvalue weighted by Crippen LogP contribution is -2.65. The van der Waals surface area contributed by atoms with Gasteiger partial charge in [-0.25, -0.2) is 4.98 Å². The van der Waals surface area contributed by atoms with Crippen LogP contribution in [0.15, 0.2) is 24.5 Å². The third-order valence-electron chi connectivity index (χ3n) is 5.06. The summed E-state index contributed by atoms with van der Waals surface area (Å²) in [6.45, 7) is 3.58. The minimum atomic E-state index is 0.435. The maximum Gasteiger partial charge on any atom is 0.139 e. The molecule has 1 N–H and O–H groups in total. The fourth-order valence-electron chi connectivity index (χ4n) is 3.71. The number of aromatic nitrogens is 2. The van der Waals surface area contributed by atoms with E-state index in [1.807, 2.05) is 12.4 Å². The van der Waals surface area contributed by atoms with Crippen LogP contribution in [0.1, 0.15) is 19.3 Å². The van der Waals surface area contributed by atoms with Gasteiger partial charge in [-0.2, -0.15) is 0 Å². The molecule has 1 atom stereocenters. The number of likely N-dealkylation sites (N-methyl/N-ethyl adjacent to an activating group) is 1. The summed E-state index contributed by atoms with van der Waals surface area (Å²) in [7, 11) is 2.27. The average Bonchev–Trinajstić information content (AvgIpc) is 2.94. The van der Waals surface area contributed by atoms with Gasteiger partial charge in [-0.1, -0.05) is 0 Å². The van der Waals surface area contributed by atoms with Crippen LogP contribution in [-0.4, -0.2) is 47.1 Å². The van der Waals surface area contributed by atoms with Gasteiger partial charge >= 0.3 is 0 Å². The Bertz CT molecular complexity index is 605. The zero-order valence-corrected chi connectivity index (χ0v) is 11.4. The van der Waals surface area contributed by atoms with E-state index in [1.54, 1.807) is 0 Å². The molecule has 4 heteroatoms. The van der Waals surface area contributed by atoms with Crippen LogP contribution in [0.4, 0.5) is 5.69 Å². The van der Waals surface area contributed by atoms with Crippen LogP contribution in [-0.2, 0) is 0 Å². The van der Waals surface area contributed by atoms with Gasteiger partial charge in [0.1, 0.15) is 5.65 Å². The number of likely N-dealkylation sites (tertiary alicyclic amines) is 1. The second kappa shape index (κ2) is 3.97. The van der Waals surface area contributed by atoms with Gasteiger partial charge < -0.3 is 9.88 Å². The van der Waals surface area contributed by atoms with E-state index in [0.717, 1.165) is 12.2 Å². The summed E-state index contributed by atoms with van der Waals surface area (Å²) in [5.74, 6) is 0. The largest absolute Gasteiger partial charge is 0.369 e. The second-order valence-electron chi connectivity index (χ2n) is 5.99. The summed E-state index contributed by atoms with van der Waals surface area (Å²) in [4.78, 5) is 12.7. The number of rotatable bonds is 1. The Morgan fingerprint density at radius 2 is 2.21 bits per heavy atom. The Kier molecular flexibility index (Phi) is 2.36. The molecule has 2 aromatic heterocycles. The highest BCUT2D eigenvalue weighted by Crippen LogP contribution is 2.39.